The number of carbonyl (C=O) groups is 1. The van der Waals surface area contributed by atoms with Crippen LogP contribution in [0.3, 0.4) is 0 Å². The molecule has 0 radical (unpaired) electrons. The first kappa shape index (κ1) is 16.3. The Hall–Kier alpha value is -1.07. The first-order valence-corrected chi connectivity index (χ1v) is 7.51. The Kier molecular flexibility index (Phi) is 5.27. The maximum absolute atomic E-state index is 12.5. The highest BCUT2D eigenvalue weighted by atomic mass is 79.9. The van der Waals surface area contributed by atoms with Gasteiger partial charge in [-0.2, -0.15) is 0 Å². The summed E-state index contributed by atoms with van der Waals surface area (Å²) in [5.74, 6) is -0.227. The Balaban J connectivity index is 0.00000161. The average molecular weight is 356 g/mol. The van der Waals surface area contributed by atoms with Crippen molar-refractivity contribution in [3.63, 3.8) is 0 Å². The van der Waals surface area contributed by atoms with Gasteiger partial charge in [0.1, 0.15) is 0 Å². The highest BCUT2D eigenvalue weighted by molar-refractivity contribution is 8.93. The average Bonchev–Trinajstić information content (AvgIpc) is 2.47. The van der Waals surface area contributed by atoms with Crippen LogP contribution in [0.2, 0.25) is 0 Å². The molecule has 0 spiro atoms. The maximum atomic E-state index is 12.5. The standard InChI is InChI=1S/C16H21NO3.BrH/c18-14-9-7-11-12(16(14)20)6-8-13(15(11)19)17-10-4-2-1-3-5-10;/h7,9-10,13,17-18,20H,1-6,8H2;1H. The highest BCUT2D eigenvalue weighted by Crippen LogP contribution is 2.36. The Morgan fingerprint density at radius 3 is 2.48 bits per heavy atom. The Labute approximate surface area is 135 Å². The van der Waals surface area contributed by atoms with Crippen LogP contribution in [0, 0.1) is 0 Å². The third-order valence-electron chi connectivity index (χ3n) is 4.57. The summed E-state index contributed by atoms with van der Waals surface area (Å²) in [6.45, 7) is 0. The smallest absolute Gasteiger partial charge is 0.180 e. The van der Waals surface area contributed by atoms with Crippen molar-refractivity contribution < 1.29 is 15.0 Å². The molecule has 0 saturated heterocycles. The fourth-order valence-corrected chi connectivity index (χ4v) is 3.43. The van der Waals surface area contributed by atoms with Crippen molar-refractivity contribution in [3.8, 4) is 11.5 Å². The van der Waals surface area contributed by atoms with E-state index < -0.39 is 0 Å². The lowest BCUT2D eigenvalue weighted by molar-refractivity contribution is 0.0914. The second kappa shape index (κ2) is 6.79. The van der Waals surface area contributed by atoms with Gasteiger partial charge in [-0.1, -0.05) is 19.3 Å². The van der Waals surface area contributed by atoms with Gasteiger partial charge < -0.3 is 15.5 Å². The number of benzene rings is 1. The van der Waals surface area contributed by atoms with Crippen LogP contribution in [0.15, 0.2) is 12.1 Å². The summed E-state index contributed by atoms with van der Waals surface area (Å²) in [7, 11) is 0. The largest absolute Gasteiger partial charge is 0.504 e. The molecule has 0 amide bonds. The van der Waals surface area contributed by atoms with Gasteiger partial charge in [0.2, 0.25) is 0 Å². The number of nitrogens with one attached hydrogen (secondary N) is 1. The lowest BCUT2D eigenvalue weighted by Gasteiger charge is -2.31. The molecule has 1 aromatic rings. The van der Waals surface area contributed by atoms with E-state index in [1.807, 2.05) is 0 Å². The molecule has 3 N–H and O–H groups in total. The second-order valence-electron chi connectivity index (χ2n) is 5.92. The van der Waals surface area contributed by atoms with Gasteiger partial charge in [-0.05, 0) is 37.8 Å². The summed E-state index contributed by atoms with van der Waals surface area (Å²) in [6.07, 6.45) is 7.40. The molecule has 3 rings (SSSR count). The normalized spacial score (nSPS) is 22.5. The molecule has 0 heterocycles. The van der Waals surface area contributed by atoms with Crippen LogP contribution in [0.25, 0.3) is 0 Å². The molecule has 5 heteroatoms. The van der Waals surface area contributed by atoms with Crippen molar-refractivity contribution in [2.24, 2.45) is 0 Å². The van der Waals surface area contributed by atoms with E-state index in [9.17, 15) is 15.0 Å². The number of hydrogen-bond acceptors (Lipinski definition) is 4. The van der Waals surface area contributed by atoms with Crippen LogP contribution in [-0.4, -0.2) is 28.1 Å². The van der Waals surface area contributed by atoms with Crippen LogP contribution >= 0.6 is 17.0 Å². The van der Waals surface area contributed by atoms with Crippen LogP contribution in [0.5, 0.6) is 11.5 Å². The zero-order valence-electron chi connectivity index (χ0n) is 12.0. The van der Waals surface area contributed by atoms with Crippen LogP contribution in [0.1, 0.15) is 54.4 Å². The number of halogens is 1. The van der Waals surface area contributed by atoms with Crippen molar-refractivity contribution in [2.75, 3.05) is 0 Å². The number of Topliss-reactive ketones (excluding diaryl/α,β-unsaturated/α-hetero) is 1. The summed E-state index contributed by atoms with van der Waals surface area (Å²) in [6, 6.07) is 3.33. The van der Waals surface area contributed by atoms with Gasteiger partial charge in [-0.15, -0.1) is 17.0 Å². The van der Waals surface area contributed by atoms with Crippen LogP contribution in [0.4, 0.5) is 0 Å². The molecule has 1 saturated carbocycles. The SMILES string of the molecule is Br.O=C1c2ccc(O)c(O)c2CCC1NC1CCCCC1. The van der Waals surface area contributed by atoms with E-state index in [4.69, 9.17) is 0 Å². The van der Waals surface area contributed by atoms with Gasteiger partial charge in [0.25, 0.3) is 0 Å². The van der Waals surface area contributed by atoms with Crippen molar-refractivity contribution >= 4 is 22.8 Å². The molecule has 2 aliphatic carbocycles. The molecule has 0 aromatic heterocycles. The molecule has 2 aliphatic rings. The third-order valence-corrected chi connectivity index (χ3v) is 4.57. The summed E-state index contributed by atoms with van der Waals surface area (Å²) >= 11 is 0. The molecule has 0 aliphatic heterocycles. The minimum Gasteiger partial charge on any atom is -0.504 e. The minimum absolute atomic E-state index is 0. The Morgan fingerprint density at radius 1 is 1.05 bits per heavy atom. The second-order valence-corrected chi connectivity index (χ2v) is 5.92. The number of hydrogen-bond donors (Lipinski definition) is 3. The van der Waals surface area contributed by atoms with Crippen molar-refractivity contribution in [1.29, 1.82) is 0 Å². The molecule has 1 fully saturated rings. The van der Waals surface area contributed by atoms with Gasteiger partial charge in [0.15, 0.2) is 17.3 Å². The van der Waals surface area contributed by atoms with Crippen molar-refractivity contribution in [1.82, 2.24) is 5.32 Å². The predicted molar refractivity (Wildman–Crippen MR) is 86.5 cm³/mol. The molecule has 4 nitrogen and oxygen atoms in total. The van der Waals surface area contributed by atoms with Crippen LogP contribution in [-0.2, 0) is 6.42 Å². The van der Waals surface area contributed by atoms with E-state index >= 15 is 0 Å². The number of phenolic OH excluding ortho intramolecular Hbond substituents is 2. The summed E-state index contributed by atoms with van der Waals surface area (Å²) < 4.78 is 0. The number of phenols is 2. The first-order chi connectivity index (χ1) is 9.66. The molecule has 1 aromatic carbocycles. The summed E-state index contributed by atoms with van der Waals surface area (Å²) in [5, 5.41) is 22.8. The highest BCUT2D eigenvalue weighted by Gasteiger charge is 2.31. The quantitative estimate of drug-likeness (QED) is 0.713. The molecular formula is C16H22BrNO3. The van der Waals surface area contributed by atoms with Gasteiger partial charge >= 0.3 is 0 Å². The minimum atomic E-state index is -0.144. The lowest BCUT2D eigenvalue weighted by atomic mass is 9.85. The molecular weight excluding hydrogens is 334 g/mol. The van der Waals surface area contributed by atoms with E-state index in [0.29, 0.717) is 30.0 Å². The van der Waals surface area contributed by atoms with Gasteiger partial charge in [-0.3, -0.25) is 4.79 Å². The molecule has 116 valence electrons. The number of ketones is 1. The van der Waals surface area contributed by atoms with Crippen LogP contribution < -0.4 is 5.32 Å². The fraction of sp³-hybridized carbons (Fsp3) is 0.562. The van der Waals surface area contributed by atoms with Gasteiger partial charge in [0.05, 0.1) is 6.04 Å². The van der Waals surface area contributed by atoms with Gasteiger partial charge in [0, 0.05) is 17.2 Å². The number of rotatable bonds is 2. The van der Waals surface area contributed by atoms with E-state index in [2.05, 4.69) is 5.32 Å². The summed E-state index contributed by atoms with van der Waals surface area (Å²) in [4.78, 5) is 12.5. The van der Waals surface area contributed by atoms with E-state index in [1.165, 1.54) is 25.3 Å². The van der Waals surface area contributed by atoms with E-state index in [1.54, 1.807) is 6.07 Å². The zero-order chi connectivity index (χ0) is 14.1. The lowest BCUT2D eigenvalue weighted by Crippen LogP contribution is -2.46. The monoisotopic (exact) mass is 355 g/mol. The first-order valence-electron chi connectivity index (χ1n) is 7.51. The Bertz CT molecular complexity index is 526. The molecule has 0 bridgehead atoms. The topological polar surface area (TPSA) is 69.6 Å². The molecule has 1 unspecified atom stereocenters. The zero-order valence-corrected chi connectivity index (χ0v) is 13.7. The third kappa shape index (κ3) is 3.24. The Morgan fingerprint density at radius 2 is 1.76 bits per heavy atom. The van der Waals surface area contributed by atoms with E-state index in [0.717, 1.165) is 12.8 Å². The number of fused-ring (bicyclic) bond motifs is 1. The maximum Gasteiger partial charge on any atom is 0.180 e. The van der Waals surface area contributed by atoms with Crippen molar-refractivity contribution in [2.45, 2.75) is 57.0 Å². The molecule has 1 atom stereocenters. The predicted octanol–water partition coefficient (Wildman–Crippen LogP) is 3.10. The van der Waals surface area contributed by atoms with E-state index in [-0.39, 0.29) is 40.3 Å². The fourth-order valence-electron chi connectivity index (χ4n) is 3.43. The number of carbonyl (C=O) groups excluding carboxylic acids is 1. The number of aromatic hydroxyl groups is 2. The van der Waals surface area contributed by atoms with Crippen molar-refractivity contribution in [3.05, 3.63) is 23.3 Å². The van der Waals surface area contributed by atoms with Gasteiger partial charge in [-0.25, -0.2) is 0 Å². The molecule has 21 heavy (non-hydrogen) atoms. The summed E-state index contributed by atoms with van der Waals surface area (Å²) in [5.41, 5.74) is 1.15.